The maximum Gasteiger partial charge on any atom is 0.408 e. The van der Waals surface area contributed by atoms with Crippen molar-refractivity contribution >= 4 is 24.1 Å². The zero-order valence-electron chi connectivity index (χ0n) is 8.99. The van der Waals surface area contributed by atoms with E-state index in [1.807, 2.05) is 6.26 Å². The van der Waals surface area contributed by atoms with Gasteiger partial charge in [-0.3, -0.25) is 0 Å². The molecule has 0 heterocycles. The van der Waals surface area contributed by atoms with E-state index in [9.17, 15) is 9.59 Å². The summed E-state index contributed by atoms with van der Waals surface area (Å²) in [6, 6.07) is -0.472. The number of ether oxygens (including phenoxy) is 1. The maximum atomic E-state index is 11.2. The van der Waals surface area contributed by atoms with E-state index in [2.05, 4.69) is 5.32 Å². The van der Waals surface area contributed by atoms with E-state index < -0.39 is 17.7 Å². The van der Waals surface area contributed by atoms with E-state index in [0.717, 1.165) is 0 Å². The normalized spacial score (nSPS) is 13.1. The largest absolute Gasteiger partial charge is 0.444 e. The quantitative estimate of drug-likeness (QED) is 0.727. The molecule has 0 aliphatic rings. The summed E-state index contributed by atoms with van der Waals surface area (Å²) in [6.45, 7) is 5.32. The molecular weight excluding hydrogens is 202 g/mol. The molecule has 0 bridgehead atoms. The van der Waals surface area contributed by atoms with Gasteiger partial charge in [-0.15, -0.1) is 0 Å². The lowest BCUT2D eigenvalue weighted by Gasteiger charge is -2.21. The van der Waals surface area contributed by atoms with Gasteiger partial charge in [-0.2, -0.15) is 11.8 Å². The van der Waals surface area contributed by atoms with Gasteiger partial charge in [-0.25, -0.2) is 4.79 Å². The van der Waals surface area contributed by atoms with Crippen molar-refractivity contribution in [3.05, 3.63) is 0 Å². The highest BCUT2D eigenvalue weighted by atomic mass is 32.2. The second-order valence-corrected chi connectivity index (χ2v) is 4.75. The van der Waals surface area contributed by atoms with E-state index in [4.69, 9.17) is 4.74 Å². The van der Waals surface area contributed by atoms with Crippen molar-refractivity contribution in [1.29, 1.82) is 0 Å². The van der Waals surface area contributed by atoms with Gasteiger partial charge < -0.3 is 14.8 Å². The molecule has 1 atom stereocenters. The molecule has 1 amide bonds. The first kappa shape index (κ1) is 13.3. The van der Waals surface area contributed by atoms with Crippen molar-refractivity contribution in [3.63, 3.8) is 0 Å². The number of hydrogen-bond acceptors (Lipinski definition) is 4. The third kappa shape index (κ3) is 6.77. The van der Waals surface area contributed by atoms with Gasteiger partial charge in [0.05, 0.1) is 6.04 Å². The summed E-state index contributed by atoms with van der Waals surface area (Å²) in [5.74, 6) is 0.558. The summed E-state index contributed by atoms with van der Waals surface area (Å²) < 4.78 is 5.00. The summed E-state index contributed by atoms with van der Waals surface area (Å²) >= 11 is 1.49. The monoisotopic (exact) mass is 219 g/mol. The fraction of sp³-hybridized carbons (Fsp3) is 0.778. The van der Waals surface area contributed by atoms with E-state index in [1.165, 1.54) is 11.8 Å². The molecule has 0 aliphatic carbocycles. The van der Waals surface area contributed by atoms with Crippen LogP contribution in [-0.4, -0.2) is 36.0 Å². The Bertz CT molecular complexity index is 201. The minimum absolute atomic E-state index is 0.472. The Morgan fingerprint density at radius 1 is 1.57 bits per heavy atom. The molecule has 0 aromatic rings. The third-order valence-electron chi connectivity index (χ3n) is 1.21. The number of thioether (sulfide) groups is 1. The van der Waals surface area contributed by atoms with Crippen LogP contribution in [0.5, 0.6) is 0 Å². The first-order valence-electron chi connectivity index (χ1n) is 4.33. The van der Waals surface area contributed by atoms with Crippen LogP contribution in [-0.2, 0) is 9.53 Å². The number of aldehydes is 1. The Kier molecular flexibility index (Phi) is 5.60. The molecule has 0 rings (SSSR count). The van der Waals surface area contributed by atoms with Crippen molar-refractivity contribution < 1.29 is 14.3 Å². The van der Waals surface area contributed by atoms with Gasteiger partial charge in [0.15, 0.2) is 0 Å². The minimum Gasteiger partial charge on any atom is -0.444 e. The number of carbonyl (C=O) groups is 2. The fourth-order valence-electron chi connectivity index (χ4n) is 0.753. The lowest BCUT2D eigenvalue weighted by molar-refractivity contribution is -0.109. The highest BCUT2D eigenvalue weighted by Crippen LogP contribution is 2.07. The molecule has 0 saturated carbocycles. The summed E-state index contributed by atoms with van der Waals surface area (Å²) in [5.41, 5.74) is -0.531. The molecule has 1 N–H and O–H groups in total. The standard InChI is InChI=1S/C9H17NO3S/c1-9(2,3)13-8(12)10-7(5-11)6-14-4/h5,7H,6H2,1-4H3,(H,10,12)/t7-/m0/s1. The van der Waals surface area contributed by atoms with E-state index >= 15 is 0 Å². The third-order valence-corrected chi connectivity index (χ3v) is 1.91. The summed E-state index contributed by atoms with van der Waals surface area (Å²) in [7, 11) is 0. The zero-order valence-corrected chi connectivity index (χ0v) is 9.81. The second kappa shape index (κ2) is 5.90. The zero-order chi connectivity index (χ0) is 11.2. The Hall–Kier alpha value is -0.710. The van der Waals surface area contributed by atoms with Gasteiger partial charge in [0.25, 0.3) is 0 Å². The van der Waals surface area contributed by atoms with Crippen LogP contribution in [0.3, 0.4) is 0 Å². The van der Waals surface area contributed by atoms with E-state index in [0.29, 0.717) is 12.0 Å². The highest BCUT2D eigenvalue weighted by molar-refractivity contribution is 7.98. The lowest BCUT2D eigenvalue weighted by atomic mass is 10.2. The number of alkyl carbamates (subject to hydrolysis) is 1. The molecule has 14 heavy (non-hydrogen) atoms. The minimum atomic E-state index is -0.552. The van der Waals surface area contributed by atoms with Crippen molar-refractivity contribution in [2.24, 2.45) is 0 Å². The van der Waals surface area contributed by atoms with Crippen LogP contribution >= 0.6 is 11.8 Å². The SMILES string of the molecule is CSC[C@H](C=O)NC(=O)OC(C)(C)C. The van der Waals surface area contributed by atoms with Gasteiger partial charge >= 0.3 is 6.09 Å². The van der Waals surface area contributed by atoms with E-state index in [-0.39, 0.29) is 0 Å². The van der Waals surface area contributed by atoms with Crippen molar-refractivity contribution in [2.45, 2.75) is 32.4 Å². The lowest BCUT2D eigenvalue weighted by Crippen LogP contribution is -2.41. The number of amides is 1. The molecule has 0 spiro atoms. The molecule has 0 unspecified atom stereocenters. The maximum absolute atomic E-state index is 11.2. The second-order valence-electron chi connectivity index (χ2n) is 3.84. The fourth-order valence-corrected chi connectivity index (χ4v) is 1.27. The predicted octanol–water partition coefficient (Wildman–Crippen LogP) is 1.44. The average molecular weight is 219 g/mol. The predicted molar refractivity (Wildman–Crippen MR) is 57.6 cm³/mol. The molecule has 5 heteroatoms. The van der Waals surface area contributed by atoms with Crippen LogP contribution in [0.4, 0.5) is 4.79 Å². The molecule has 0 aliphatic heterocycles. The number of nitrogens with one attached hydrogen (secondary N) is 1. The van der Waals surface area contributed by atoms with E-state index in [1.54, 1.807) is 20.8 Å². The van der Waals surface area contributed by atoms with Crippen LogP contribution < -0.4 is 5.32 Å². The van der Waals surface area contributed by atoms with Gasteiger partial charge in [0.1, 0.15) is 11.9 Å². The van der Waals surface area contributed by atoms with Crippen LogP contribution in [0.1, 0.15) is 20.8 Å². The van der Waals surface area contributed by atoms with Crippen LogP contribution in [0.25, 0.3) is 0 Å². The van der Waals surface area contributed by atoms with Crippen molar-refractivity contribution in [2.75, 3.05) is 12.0 Å². The Balaban J connectivity index is 3.97. The molecule has 0 fully saturated rings. The van der Waals surface area contributed by atoms with Gasteiger partial charge in [0.2, 0.25) is 0 Å². The highest BCUT2D eigenvalue weighted by Gasteiger charge is 2.18. The van der Waals surface area contributed by atoms with Crippen LogP contribution in [0, 0.1) is 0 Å². The Labute approximate surface area is 88.8 Å². The summed E-state index contributed by atoms with van der Waals surface area (Å²) in [5, 5.41) is 2.47. The topological polar surface area (TPSA) is 55.4 Å². The first-order valence-corrected chi connectivity index (χ1v) is 5.72. The molecule has 82 valence electrons. The summed E-state index contributed by atoms with van der Waals surface area (Å²) in [6.07, 6.45) is 2.02. The van der Waals surface area contributed by atoms with Gasteiger partial charge in [-0.1, -0.05) is 0 Å². The average Bonchev–Trinajstić information content (AvgIpc) is 2.00. The number of hydrogen-bond donors (Lipinski definition) is 1. The first-order chi connectivity index (χ1) is 6.39. The molecule has 0 radical (unpaired) electrons. The van der Waals surface area contributed by atoms with Crippen molar-refractivity contribution in [1.82, 2.24) is 5.32 Å². The number of rotatable bonds is 4. The van der Waals surface area contributed by atoms with Gasteiger partial charge in [0, 0.05) is 5.75 Å². The Morgan fingerprint density at radius 2 is 2.14 bits per heavy atom. The molecule has 0 aromatic heterocycles. The van der Waals surface area contributed by atoms with Crippen LogP contribution in [0.15, 0.2) is 0 Å². The molecular formula is C9H17NO3S. The Morgan fingerprint density at radius 3 is 2.50 bits per heavy atom. The van der Waals surface area contributed by atoms with Gasteiger partial charge in [-0.05, 0) is 27.0 Å². The summed E-state index contributed by atoms with van der Waals surface area (Å²) in [4.78, 5) is 21.7. The molecule has 4 nitrogen and oxygen atoms in total. The number of carbonyl (C=O) groups excluding carboxylic acids is 2. The van der Waals surface area contributed by atoms with Crippen molar-refractivity contribution in [3.8, 4) is 0 Å². The smallest absolute Gasteiger partial charge is 0.408 e. The molecule has 0 aromatic carbocycles. The molecule has 0 saturated heterocycles. The van der Waals surface area contributed by atoms with Crippen LogP contribution in [0.2, 0.25) is 0 Å².